The summed E-state index contributed by atoms with van der Waals surface area (Å²) in [6.07, 6.45) is 7.71. The van der Waals surface area contributed by atoms with Crippen LogP contribution in [0.4, 0.5) is 0 Å². The fourth-order valence-corrected chi connectivity index (χ4v) is 2.63. The van der Waals surface area contributed by atoms with E-state index in [9.17, 15) is 5.11 Å². The van der Waals surface area contributed by atoms with Crippen molar-refractivity contribution in [2.24, 2.45) is 0 Å². The number of aromatic hydroxyl groups is 1. The van der Waals surface area contributed by atoms with Crippen molar-refractivity contribution in [3.8, 4) is 5.75 Å². The number of phenols is 1. The number of hydrogen-bond donors (Lipinski definition) is 3. The summed E-state index contributed by atoms with van der Waals surface area (Å²) >= 11 is 0. The molecule has 0 aliphatic carbocycles. The monoisotopic (exact) mass is 301 g/mol. The number of benzene rings is 1. The fourth-order valence-electron chi connectivity index (χ4n) is 2.63. The van der Waals surface area contributed by atoms with E-state index in [1.165, 1.54) is 5.56 Å². The first-order valence-electron chi connectivity index (χ1n) is 8.21. The number of aromatic amines is 1. The minimum absolute atomic E-state index is 0.421. The van der Waals surface area contributed by atoms with Crippen molar-refractivity contribution in [1.29, 1.82) is 0 Å². The third kappa shape index (κ3) is 4.88. The summed E-state index contributed by atoms with van der Waals surface area (Å²) in [5, 5.41) is 13.4. The van der Waals surface area contributed by atoms with Gasteiger partial charge < -0.3 is 15.4 Å². The first-order valence-corrected chi connectivity index (χ1v) is 8.21. The molecule has 0 fully saturated rings. The van der Waals surface area contributed by atoms with Crippen molar-refractivity contribution in [1.82, 2.24) is 15.3 Å². The van der Waals surface area contributed by atoms with Crippen LogP contribution in [0.25, 0.3) is 0 Å². The highest BCUT2D eigenvalue weighted by Gasteiger charge is 2.08. The zero-order valence-corrected chi connectivity index (χ0v) is 13.6. The lowest BCUT2D eigenvalue weighted by Crippen LogP contribution is -2.21. The Hall–Kier alpha value is -1.81. The van der Waals surface area contributed by atoms with Gasteiger partial charge in [0, 0.05) is 25.4 Å². The fraction of sp³-hybridized carbons (Fsp3) is 0.500. The predicted molar refractivity (Wildman–Crippen MR) is 90.3 cm³/mol. The van der Waals surface area contributed by atoms with Gasteiger partial charge >= 0.3 is 0 Å². The van der Waals surface area contributed by atoms with E-state index in [0.717, 1.165) is 50.2 Å². The molecule has 4 heteroatoms. The minimum atomic E-state index is 0.421. The molecule has 4 nitrogen and oxygen atoms in total. The number of nitrogens with one attached hydrogen (secondary N) is 2. The maximum atomic E-state index is 9.86. The largest absolute Gasteiger partial charge is 0.508 e. The standard InChI is InChI=1S/C18H27N3O/c1-3-5-16-12-15(7-8-17(16)22)14(2)13-19-9-4-6-18-20-10-11-21-18/h7-8,10-12,14,19,22H,3-6,9,13H2,1-2H3,(H,20,21). The van der Waals surface area contributed by atoms with Gasteiger partial charge in [0.2, 0.25) is 0 Å². The van der Waals surface area contributed by atoms with Crippen LogP contribution in [0.2, 0.25) is 0 Å². The normalized spacial score (nSPS) is 12.5. The summed E-state index contributed by atoms with van der Waals surface area (Å²) < 4.78 is 0. The van der Waals surface area contributed by atoms with E-state index in [1.807, 2.05) is 18.3 Å². The van der Waals surface area contributed by atoms with Crippen molar-refractivity contribution < 1.29 is 5.11 Å². The molecule has 22 heavy (non-hydrogen) atoms. The Labute approximate surface area is 133 Å². The van der Waals surface area contributed by atoms with Crippen molar-refractivity contribution in [2.45, 2.75) is 45.4 Å². The smallest absolute Gasteiger partial charge is 0.118 e. The second-order valence-electron chi connectivity index (χ2n) is 5.88. The van der Waals surface area contributed by atoms with Crippen LogP contribution in [-0.4, -0.2) is 28.2 Å². The number of rotatable bonds is 9. The molecule has 1 aromatic heterocycles. The molecule has 1 unspecified atom stereocenters. The van der Waals surface area contributed by atoms with Crippen LogP contribution >= 0.6 is 0 Å². The zero-order valence-electron chi connectivity index (χ0n) is 13.6. The highest BCUT2D eigenvalue weighted by atomic mass is 16.3. The summed E-state index contributed by atoms with van der Waals surface area (Å²) in [5.74, 6) is 1.92. The molecule has 0 bridgehead atoms. The Kier molecular flexibility index (Phi) is 6.46. The first-order chi connectivity index (χ1) is 10.7. The van der Waals surface area contributed by atoms with Gasteiger partial charge in [-0.25, -0.2) is 4.98 Å². The Bertz CT molecular complexity index is 551. The highest BCUT2D eigenvalue weighted by Crippen LogP contribution is 2.24. The number of aromatic nitrogens is 2. The molecule has 1 atom stereocenters. The van der Waals surface area contributed by atoms with Crippen LogP contribution in [0, 0.1) is 0 Å². The van der Waals surface area contributed by atoms with Gasteiger partial charge in [0.25, 0.3) is 0 Å². The molecule has 1 aromatic carbocycles. The molecule has 1 heterocycles. The number of imidazole rings is 1. The Balaban J connectivity index is 1.74. The van der Waals surface area contributed by atoms with E-state index in [0.29, 0.717) is 11.7 Å². The van der Waals surface area contributed by atoms with Gasteiger partial charge in [0.1, 0.15) is 11.6 Å². The van der Waals surface area contributed by atoms with E-state index in [2.05, 4.69) is 35.2 Å². The topological polar surface area (TPSA) is 60.9 Å². The van der Waals surface area contributed by atoms with Crippen LogP contribution in [0.1, 0.15) is 49.6 Å². The van der Waals surface area contributed by atoms with Crippen molar-refractivity contribution >= 4 is 0 Å². The zero-order chi connectivity index (χ0) is 15.8. The molecule has 0 aliphatic heterocycles. The van der Waals surface area contributed by atoms with Crippen molar-refractivity contribution in [3.63, 3.8) is 0 Å². The molecule has 0 aliphatic rings. The van der Waals surface area contributed by atoms with E-state index in [-0.39, 0.29) is 0 Å². The molecule has 3 N–H and O–H groups in total. The summed E-state index contributed by atoms with van der Waals surface area (Å²) in [4.78, 5) is 7.35. The Morgan fingerprint density at radius 1 is 1.32 bits per heavy atom. The molecular weight excluding hydrogens is 274 g/mol. The van der Waals surface area contributed by atoms with Gasteiger partial charge in [0.05, 0.1) is 0 Å². The van der Waals surface area contributed by atoms with Crippen LogP contribution in [-0.2, 0) is 12.8 Å². The number of nitrogens with zero attached hydrogens (tertiary/aromatic N) is 1. The minimum Gasteiger partial charge on any atom is -0.508 e. The summed E-state index contributed by atoms with van der Waals surface area (Å²) in [7, 11) is 0. The van der Waals surface area contributed by atoms with E-state index in [1.54, 1.807) is 6.20 Å². The summed E-state index contributed by atoms with van der Waals surface area (Å²) in [5.41, 5.74) is 2.35. The number of phenolic OH excluding ortho intramolecular Hbond substituents is 1. The number of H-pyrrole nitrogens is 1. The molecule has 120 valence electrons. The van der Waals surface area contributed by atoms with Gasteiger partial charge in [-0.1, -0.05) is 32.4 Å². The van der Waals surface area contributed by atoms with Crippen molar-refractivity contribution in [3.05, 3.63) is 47.5 Å². The number of aryl methyl sites for hydroxylation is 2. The molecular formula is C18H27N3O. The molecule has 0 saturated carbocycles. The lowest BCUT2D eigenvalue weighted by molar-refractivity contribution is 0.467. The highest BCUT2D eigenvalue weighted by molar-refractivity contribution is 5.37. The van der Waals surface area contributed by atoms with Crippen LogP contribution < -0.4 is 5.32 Å². The second-order valence-corrected chi connectivity index (χ2v) is 5.88. The van der Waals surface area contributed by atoms with Gasteiger partial charge in [-0.2, -0.15) is 0 Å². The van der Waals surface area contributed by atoms with E-state index >= 15 is 0 Å². The number of hydrogen-bond acceptors (Lipinski definition) is 3. The molecule has 0 spiro atoms. The van der Waals surface area contributed by atoms with Gasteiger partial charge in [-0.05, 0) is 42.5 Å². The summed E-state index contributed by atoms with van der Waals surface area (Å²) in [6, 6.07) is 6.01. The SMILES string of the molecule is CCCc1cc(C(C)CNCCCc2ncc[nH]2)ccc1O. The lowest BCUT2D eigenvalue weighted by atomic mass is 9.97. The first kappa shape index (κ1) is 16.6. The van der Waals surface area contributed by atoms with Gasteiger partial charge in [-0.15, -0.1) is 0 Å². The quantitative estimate of drug-likeness (QED) is 0.622. The average molecular weight is 301 g/mol. The molecule has 2 rings (SSSR count). The van der Waals surface area contributed by atoms with E-state index < -0.39 is 0 Å². The third-order valence-electron chi connectivity index (χ3n) is 3.96. The molecule has 0 saturated heterocycles. The average Bonchev–Trinajstić information content (AvgIpc) is 3.02. The third-order valence-corrected chi connectivity index (χ3v) is 3.96. The molecule has 0 amide bonds. The maximum Gasteiger partial charge on any atom is 0.118 e. The van der Waals surface area contributed by atoms with Crippen LogP contribution in [0.5, 0.6) is 5.75 Å². The predicted octanol–water partition coefficient (Wildman–Crippen LogP) is 3.39. The maximum absolute atomic E-state index is 9.86. The van der Waals surface area contributed by atoms with Gasteiger partial charge in [0.15, 0.2) is 0 Å². The van der Waals surface area contributed by atoms with Crippen LogP contribution in [0.3, 0.4) is 0 Å². The Morgan fingerprint density at radius 2 is 2.18 bits per heavy atom. The summed E-state index contributed by atoms with van der Waals surface area (Å²) in [6.45, 7) is 6.30. The molecule has 0 radical (unpaired) electrons. The van der Waals surface area contributed by atoms with Gasteiger partial charge in [-0.3, -0.25) is 0 Å². The lowest BCUT2D eigenvalue weighted by Gasteiger charge is -2.15. The Morgan fingerprint density at radius 3 is 2.91 bits per heavy atom. The molecule has 2 aromatic rings. The second kappa shape index (κ2) is 8.59. The van der Waals surface area contributed by atoms with Crippen molar-refractivity contribution in [2.75, 3.05) is 13.1 Å². The van der Waals surface area contributed by atoms with E-state index in [4.69, 9.17) is 0 Å². The van der Waals surface area contributed by atoms with Crippen LogP contribution in [0.15, 0.2) is 30.6 Å².